The molecule has 6 nitrogen and oxygen atoms in total. The number of amides is 3. The quantitative estimate of drug-likeness (QED) is 0.865. The van der Waals surface area contributed by atoms with Gasteiger partial charge in [0.25, 0.3) is 5.91 Å². The molecule has 2 atom stereocenters. The van der Waals surface area contributed by atoms with E-state index in [-0.39, 0.29) is 24.4 Å². The summed E-state index contributed by atoms with van der Waals surface area (Å²) >= 11 is 1.53. The summed E-state index contributed by atoms with van der Waals surface area (Å²) in [6.45, 7) is 2.19. The lowest BCUT2D eigenvalue weighted by molar-refractivity contribution is -0.134. The van der Waals surface area contributed by atoms with Gasteiger partial charge in [-0.3, -0.25) is 9.69 Å². The molecule has 24 heavy (non-hydrogen) atoms. The predicted octanol–water partition coefficient (Wildman–Crippen LogP) is 3.40. The molecule has 1 aliphatic heterocycles. The van der Waals surface area contributed by atoms with E-state index < -0.39 is 5.54 Å². The first-order valence-electron chi connectivity index (χ1n) is 8.22. The van der Waals surface area contributed by atoms with Gasteiger partial charge in [0.1, 0.15) is 11.8 Å². The van der Waals surface area contributed by atoms with Crippen LogP contribution in [0.4, 0.5) is 4.79 Å². The number of rotatable bonds is 3. The third-order valence-electron chi connectivity index (χ3n) is 5.11. The van der Waals surface area contributed by atoms with Gasteiger partial charge in [-0.15, -0.1) is 11.3 Å². The van der Waals surface area contributed by atoms with Crippen LogP contribution in [0.1, 0.15) is 38.3 Å². The Labute approximate surface area is 143 Å². The largest absolute Gasteiger partial charge is 0.443 e. The van der Waals surface area contributed by atoms with Crippen molar-refractivity contribution in [2.75, 3.05) is 0 Å². The zero-order valence-corrected chi connectivity index (χ0v) is 14.3. The highest BCUT2D eigenvalue weighted by atomic mass is 32.1. The number of aromatic nitrogens is 1. The van der Waals surface area contributed by atoms with Crippen LogP contribution in [0, 0.1) is 5.92 Å². The van der Waals surface area contributed by atoms with Crippen molar-refractivity contribution >= 4 is 23.3 Å². The monoisotopic (exact) mass is 345 g/mol. The zero-order chi connectivity index (χ0) is 16.7. The minimum Gasteiger partial charge on any atom is -0.443 e. The number of carbonyl (C=O) groups excluding carboxylic acids is 2. The van der Waals surface area contributed by atoms with Crippen LogP contribution in [0.15, 0.2) is 28.2 Å². The summed E-state index contributed by atoms with van der Waals surface area (Å²) in [5, 5.41) is 4.90. The standard InChI is InChI=1S/C17H19N3O3S/c1-11-5-2-3-7-17(11)15(21)20(16(22)19-17)9-12-10-23-14(18-12)13-6-4-8-24-13/h4,6,8,10-11H,2-3,5,7,9H2,1H3,(H,19,22)/t11-,17-/m0/s1. The molecule has 4 rings (SSSR count). The minimum absolute atomic E-state index is 0.125. The van der Waals surface area contributed by atoms with Crippen molar-refractivity contribution in [1.29, 1.82) is 0 Å². The van der Waals surface area contributed by atoms with Crippen molar-refractivity contribution in [3.63, 3.8) is 0 Å². The average Bonchev–Trinajstić information content (AvgIpc) is 3.28. The van der Waals surface area contributed by atoms with Crippen LogP contribution in [-0.4, -0.2) is 27.4 Å². The molecule has 2 aliphatic rings. The van der Waals surface area contributed by atoms with E-state index in [1.165, 1.54) is 22.5 Å². The molecule has 126 valence electrons. The molecule has 1 aliphatic carbocycles. The van der Waals surface area contributed by atoms with Crippen molar-refractivity contribution < 1.29 is 14.0 Å². The Bertz CT molecular complexity index is 770. The number of hydrogen-bond acceptors (Lipinski definition) is 5. The summed E-state index contributed by atoms with van der Waals surface area (Å²) in [4.78, 5) is 31.9. The van der Waals surface area contributed by atoms with E-state index in [2.05, 4.69) is 10.3 Å². The van der Waals surface area contributed by atoms with Crippen molar-refractivity contribution in [3.05, 3.63) is 29.5 Å². The molecule has 0 aromatic carbocycles. The first-order chi connectivity index (χ1) is 11.6. The topological polar surface area (TPSA) is 75.4 Å². The lowest BCUT2D eigenvalue weighted by atomic mass is 9.73. The molecule has 2 aromatic heterocycles. The first-order valence-corrected chi connectivity index (χ1v) is 9.10. The Morgan fingerprint density at radius 2 is 2.33 bits per heavy atom. The molecule has 1 saturated carbocycles. The molecule has 0 unspecified atom stereocenters. The van der Waals surface area contributed by atoms with Crippen LogP contribution in [-0.2, 0) is 11.3 Å². The normalized spacial score (nSPS) is 27.0. The number of carbonyl (C=O) groups is 2. The molecule has 1 spiro atoms. The summed E-state index contributed by atoms with van der Waals surface area (Å²) < 4.78 is 5.48. The maximum atomic E-state index is 12.9. The maximum absolute atomic E-state index is 12.9. The van der Waals surface area contributed by atoms with Crippen molar-refractivity contribution in [2.45, 2.75) is 44.7 Å². The fourth-order valence-electron chi connectivity index (χ4n) is 3.69. The molecular weight excluding hydrogens is 326 g/mol. The van der Waals surface area contributed by atoms with Crippen LogP contribution in [0.2, 0.25) is 0 Å². The molecule has 1 saturated heterocycles. The Balaban J connectivity index is 1.55. The van der Waals surface area contributed by atoms with Gasteiger partial charge in [0.2, 0.25) is 5.89 Å². The van der Waals surface area contributed by atoms with Crippen LogP contribution >= 0.6 is 11.3 Å². The SMILES string of the molecule is C[C@H]1CCCC[C@]12NC(=O)N(Cc1coc(-c3cccs3)n1)C2=O. The van der Waals surface area contributed by atoms with E-state index >= 15 is 0 Å². The number of hydrogen-bond donors (Lipinski definition) is 1. The van der Waals surface area contributed by atoms with Crippen molar-refractivity contribution in [2.24, 2.45) is 5.92 Å². The molecule has 2 aromatic rings. The summed E-state index contributed by atoms with van der Waals surface area (Å²) in [7, 11) is 0. The second-order valence-corrected chi connectivity index (χ2v) is 7.51. The second-order valence-electron chi connectivity index (χ2n) is 6.56. The van der Waals surface area contributed by atoms with Gasteiger partial charge in [0.15, 0.2) is 0 Å². The molecular formula is C17H19N3O3S. The Kier molecular flexibility index (Phi) is 3.68. The third kappa shape index (κ3) is 2.34. The van der Waals surface area contributed by atoms with Gasteiger partial charge in [-0.05, 0) is 30.2 Å². The van der Waals surface area contributed by atoms with E-state index in [4.69, 9.17) is 4.42 Å². The molecule has 0 bridgehead atoms. The highest BCUT2D eigenvalue weighted by Gasteiger charge is 2.54. The lowest BCUT2D eigenvalue weighted by Gasteiger charge is -2.36. The highest BCUT2D eigenvalue weighted by Crippen LogP contribution is 2.38. The van der Waals surface area contributed by atoms with E-state index in [1.54, 1.807) is 0 Å². The van der Waals surface area contributed by atoms with Gasteiger partial charge in [-0.25, -0.2) is 9.78 Å². The Hall–Kier alpha value is -2.15. The molecule has 2 fully saturated rings. The molecule has 1 N–H and O–H groups in total. The maximum Gasteiger partial charge on any atom is 0.325 e. The summed E-state index contributed by atoms with van der Waals surface area (Å²) in [6, 6.07) is 3.52. The van der Waals surface area contributed by atoms with Gasteiger partial charge < -0.3 is 9.73 Å². The number of oxazole rings is 1. The molecule has 0 radical (unpaired) electrons. The summed E-state index contributed by atoms with van der Waals surface area (Å²) in [6.07, 6.45) is 5.28. The summed E-state index contributed by atoms with van der Waals surface area (Å²) in [5.41, 5.74) is -0.141. The van der Waals surface area contributed by atoms with Crippen molar-refractivity contribution in [3.8, 4) is 10.8 Å². The fraction of sp³-hybridized carbons (Fsp3) is 0.471. The number of nitrogens with one attached hydrogen (secondary N) is 1. The zero-order valence-electron chi connectivity index (χ0n) is 13.4. The second kappa shape index (κ2) is 5.73. The number of nitrogens with zero attached hydrogens (tertiary/aromatic N) is 2. The molecule has 3 amide bonds. The highest BCUT2D eigenvalue weighted by molar-refractivity contribution is 7.13. The van der Waals surface area contributed by atoms with Gasteiger partial charge in [-0.1, -0.05) is 25.8 Å². The minimum atomic E-state index is -0.727. The Morgan fingerprint density at radius 1 is 1.46 bits per heavy atom. The van der Waals surface area contributed by atoms with E-state index in [0.717, 1.165) is 24.1 Å². The van der Waals surface area contributed by atoms with E-state index in [0.29, 0.717) is 18.0 Å². The Morgan fingerprint density at radius 3 is 3.08 bits per heavy atom. The third-order valence-corrected chi connectivity index (χ3v) is 5.96. The first kappa shape index (κ1) is 15.4. The van der Waals surface area contributed by atoms with Gasteiger partial charge >= 0.3 is 6.03 Å². The van der Waals surface area contributed by atoms with Crippen LogP contribution in [0.5, 0.6) is 0 Å². The number of thiophene rings is 1. The predicted molar refractivity (Wildman–Crippen MR) is 89.3 cm³/mol. The van der Waals surface area contributed by atoms with Crippen LogP contribution in [0.25, 0.3) is 10.8 Å². The van der Waals surface area contributed by atoms with E-state index in [9.17, 15) is 9.59 Å². The smallest absolute Gasteiger partial charge is 0.325 e. The van der Waals surface area contributed by atoms with E-state index in [1.807, 2.05) is 24.4 Å². The van der Waals surface area contributed by atoms with Crippen molar-refractivity contribution in [1.82, 2.24) is 15.2 Å². The van der Waals surface area contributed by atoms with Gasteiger partial charge in [-0.2, -0.15) is 0 Å². The van der Waals surface area contributed by atoms with Crippen LogP contribution in [0.3, 0.4) is 0 Å². The van der Waals surface area contributed by atoms with Gasteiger partial charge in [0.05, 0.1) is 17.1 Å². The lowest BCUT2D eigenvalue weighted by Crippen LogP contribution is -2.53. The number of imide groups is 1. The van der Waals surface area contributed by atoms with Crippen LogP contribution < -0.4 is 5.32 Å². The average molecular weight is 345 g/mol. The fourth-order valence-corrected chi connectivity index (χ4v) is 4.35. The molecule has 3 heterocycles. The number of urea groups is 1. The molecule has 7 heteroatoms. The summed E-state index contributed by atoms with van der Waals surface area (Å²) in [5.74, 6) is 0.555. The van der Waals surface area contributed by atoms with Gasteiger partial charge in [0, 0.05) is 0 Å².